The summed E-state index contributed by atoms with van der Waals surface area (Å²) in [4.78, 5) is 18.1. The number of anilines is 1. The van der Waals surface area contributed by atoms with Gasteiger partial charge in [0.2, 0.25) is 5.91 Å². The van der Waals surface area contributed by atoms with E-state index in [4.69, 9.17) is 11.6 Å². The minimum Gasteiger partial charge on any atom is -0.361 e. The van der Waals surface area contributed by atoms with Gasteiger partial charge in [0.05, 0.1) is 16.8 Å². The van der Waals surface area contributed by atoms with Gasteiger partial charge in [-0.15, -0.1) is 0 Å². The van der Waals surface area contributed by atoms with Crippen LogP contribution in [0.5, 0.6) is 0 Å². The van der Waals surface area contributed by atoms with Crippen molar-refractivity contribution in [3.8, 4) is 0 Å². The zero-order valence-corrected chi connectivity index (χ0v) is 17.2. The van der Waals surface area contributed by atoms with Gasteiger partial charge in [-0.3, -0.25) is 9.69 Å². The summed E-state index contributed by atoms with van der Waals surface area (Å²) in [5, 5.41) is 4.26. The Morgan fingerprint density at radius 1 is 1.31 bits per heavy atom. The van der Waals surface area contributed by atoms with Gasteiger partial charge in [0.25, 0.3) is 0 Å². The first-order valence-electron chi connectivity index (χ1n) is 9.70. The van der Waals surface area contributed by atoms with Gasteiger partial charge in [0.15, 0.2) is 0 Å². The summed E-state index contributed by atoms with van der Waals surface area (Å²) in [6.45, 7) is 5.49. The SMILES string of the molecule is Cc1cccc2[nH]cc(C3=CCN([C@H](C)C(=O)Nc4ccc(F)cc4Cl)CC3)c12. The number of carbonyl (C=O) groups is 1. The van der Waals surface area contributed by atoms with E-state index in [0.717, 1.165) is 18.5 Å². The molecule has 0 bridgehead atoms. The van der Waals surface area contributed by atoms with Crippen LogP contribution in [-0.4, -0.2) is 34.9 Å². The highest BCUT2D eigenvalue weighted by atomic mass is 35.5. The lowest BCUT2D eigenvalue weighted by Crippen LogP contribution is -2.44. The van der Waals surface area contributed by atoms with Gasteiger partial charge in [-0.25, -0.2) is 4.39 Å². The van der Waals surface area contributed by atoms with Crippen molar-refractivity contribution < 1.29 is 9.18 Å². The van der Waals surface area contributed by atoms with E-state index in [9.17, 15) is 9.18 Å². The standard InChI is InChI=1S/C23H23ClFN3O/c1-14-4-3-5-21-22(14)18(13-26-21)16-8-10-28(11-9-16)15(2)23(29)27-20-7-6-17(25)12-19(20)24/h3-8,12-13,15,26H,9-11H2,1-2H3,(H,27,29)/t15-/m1/s1. The number of hydrogen-bond acceptors (Lipinski definition) is 2. The number of aromatic amines is 1. The molecule has 1 aliphatic heterocycles. The Kier molecular flexibility index (Phi) is 5.43. The molecule has 4 nitrogen and oxygen atoms in total. The van der Waals surface area contributed by atoms with Crippen LogP contribution in [0, 0.1) is 12.7 Å². The van der Waals surface area contributed by atoms with Crippen molar-refractivity contribution in [2.45, 2.75) is 26.3 Å². The Hall–Kier alpha value is -2.63. The Bertz CT molecular complexity index is 1100. The molecule has 3 aromatic rings. The first kappa shape index (κ1) is 19.7. The van der Waals surface area contributed by atoms with Gasteiger partial charge in [-0.05, 0) is 55.7 Å². The summed E-state index contributed by atoms with van der Waals surface area (Å²) in [5.74, 6) is -0.583. The average Bonchev–Trinajstić information content (AvgIpc) is 3.15. The minimum absolute atomic E-state index is 0.154. The molecule has 2 heterocycles. The third-order valence-electron chi connectivity index (χ3n) is 5.62. The fourth-order valence-electron chi connectivity index (χ4n) is 3.90. The molecule has 0 saturated carbocycles. The number of hydrogen-bond donors (Lipinski definition) is 2. The monoisotopic (exact) mass is 411 g/mol. The molecule has 2 aromatic carbocycles. The number of nitrogens with one attached hydrogen (secondary N) is 2. The van der Waals surface area contributed by atoms with Crippen molar-refractivity contribution in [3.05, 3.63) is 70.6 Å². The molecule has 1 aliphatic rings. The van der Waals surface area contributed by atoms with Crippen molar-refractivity contribution in [2.75, 3.05) is 18.4 Å². The van der Waals surface area contributed by atoms with E-state index in [-0.39, 0.29) is 17.0 Å². The van der Waals surface area contributed by atoms with Gasteiger partial charge in [0, 0.05) is 35.8 Å². The number of halogens is 2. The predicted molar refractivity (Wildman–Crippen MR) is 117 cm³/mol. The summed E-state index contributed by atoms with van der Waals surface area (Å²) in [6, 6.07) is 9.92. The normalized spacial score (nSPS) is 15.9. The number of benzene rings is 2. The molecule has 1 atom stereocenters. The van der Waals surface area contributed by atoms with Gasteiger partial charge < -0.3 is 10.3 Å². The molecule has 1 aromatic heterocycles. The van der Waals surface area contributed by atoms with Crippen LogP contribution in [-0.2, 0) is 4.79 Å². The lowest BCUT2D eigenvalue weighted by molar-refractivity contribution is -0.120. The lowest BCUT2D eigenvalue weighted by atomic mass is 9.96. The zero-order chi connectivity index (χ0) is 20.5. The van der Waals surface area contributed by atoms with Crippen LogP contribution >= 0.6 is 11.6 Å². The summed E-state index contributed by atoms with van der Waals surface area (Å²) in [5.41, 5.74) is 5.37. The summed E-state index contributed by atoms with van der Waals surface area (Å²) in [6.07, 6.45) is 5.15. The molecule has 0 unspecified atom stereocenters. The first-order valence-corrected chi connectivity index (χ1v) is 10.1. The zero-order valence-electron chi connectivity index (χ0n) is 16.4. The molecule has 0 saturated heterocycles. The second kappa shape index (κ2) is 8.01. The molecule has 4 rings (SSSR count). The second-order valence-corrected chi connectivity index (χ2v) is 7.87. The number of aryl methyl sites for hydroxylation is 1. The number of amides is 1. The maximum atomic E-state index is 13.2. The number of rotatable bonds is 4. The van der Waals surface area contributed by atoms with Crippen molar-refractivity contribution in [3.63, 3.8) is 0 Å². The Balaban J connectivity index is 1.46. The number of nitrogens with zero attached hydrogens (tertiary/aromatic N) is 1. The minimum atomic E-state index is -0.428. The van der Waals surface area contributed by atoms with Crippen LogP contribution < -0.4 is 5.32 Å². The third-order valence-corrected chi connectivity index (χ3v) is 5.93. The fraction of sp³-hybridized carbons (Fsp3) is 0.261. The second-order valence-electron chi connectivity index (χ2n) is 7.46. The smallest absolute Gasteiger partial charge is 0.241 e. The average molecular weight is 412 g/mol. The van der Waals surface area contributed by atoms with Crippen LogP contribution in [0.4, 0.5) is 10.1 Å². The maximum Gasteiger partial charge on any atom is 0.241 e. The van der Waals surface area contributed by atoms with E-state index < -0.39 is 5.82 Å². The molecule has 150 valence electrons. The summed E-state index contributed by atoms with van der Waals surface area (Å²) < 4.78 is 13.2. The van der Waals surface area contributed by atoms with E-state index in [0.29, 0.717) is 12.2 Å². The molecule has 0 spiro atoms. The number of H-pyrrole nitrogens is 1. The van der Waals surface area contributed by atoms with Crippen molar-refractivity contribution >= 4 is 39.7 Å². The van der Waals surface area contributed by atoms with E-state index in [1.54, 1.807) is 0 Å². The Labute approximate surface area is 174 Å². The van der Waals surface area contributed by atoms with Crippen molar-refractivity contribution in [2.24, 2.45) is 0 Å². The molecule has 29 heavy (non-hydrogen) atoms. The molecule has 0 radical (unpaired) electrons. The molecule has 2 N–H and O–H groups in total. The predicted octanol–water partition coefficient (Wildman–Crippen LogP) is 5.39. The van der Waals surface area contributed by atoms with Crippen LogP contribution in [0.2, 0.25) is 5.02 Å². The third kappa shape index (κ3) is 3.93. The first-order chi connectivity index (χ1) is 13.9. The van der Waals surface area contributed by atoms with E-state index >= 15 is 0 Å². The van der Waals surface area contributed by atoms with Gasteiger partial charge in [-0.2, -0.15) is 0 Å². The quantitative estimate of drug-likeness (QED) is 0.605. The van der Waals surface area contributed by atoms with E-state index in [1.807, 2.05) is 6.92 Å². The fourth-order valence-corrected chi connectivity index (χ4v) is 4.11. The van der Waals surface area contributed by atoms with Crippen LogP contribution in [0.25, 0.3) is 16.5 Å². The molecule has 0 fully saturated rings. The van der Waals surface area contributed by atoms with Crippen molar-refractivity contribution in [1.82, 2.24) is 9.88 Å². The number of fused-ring (bicyclic) bond motifs is 1. The van der Waals surface area contributed by atoms with Gasteiger partial charge in [0.1, 0.15) is 5.82 Å². The molecule has 0 aliphatic carbocycles. The summed E-state index contributed by atoms with van der Waals surface area (Å²) >= 11 is 6.02. The largest absolute Gasteiger partial charge is 0.361 e. The molecule has 6 heteroatoms. The Morgan fingerprint density at radius 3 is 2.86 bits per heavy atom. The highest BCUT2D eigenvalue weighted by Gasteiger charge is 2.25. The summed E-state index contributed by atoms with van der Waals surface area (Å²) in [7, 11) is 0. The number of aromatic nitrogens is 1. The van der Waals surface area contributed by atoms with E-state index in [2.05, 4.69) is 52.6 Å². The Morgan fingerprint density at radius 2 is 2.14 bits per heavy atom. The lowest BCUT2D eigenvalue weighted by Gasteiger charge is -2.31. The van der Waals surface area contributed by atoms with E-state index in [1.165, 1.54) is 40.3 Å². The number of carbonyl (C=O) groups excluding carboxylic acids is 1. The molecular formula is C23H23ClFN3O. The molecular weight excluding hydrogens is 389 g/mol. The van der Waals surface area contributed by atoms with Crippen LogP contribution in [0.3, 0.4) is 0 Å². The maximum absolute atomic E-state index is 13.2. The highest BCUT2D eigenvalue weighted by molar-refractivity contribution is 6.33. The van der Waals surface area contributed by atoms with Crippen LogP contribution in [0.15, 0.2) is 48.7 Å². The topological polar surface area (TPSA) is 48.1 Å². The van der Waals surface area contributed by atoms with Gasteiger partial charge in [-0.1, -0.05) is 29.8 Å². The van der Waals surface area contributed by atoms with Gasteiger partial charge >= 0.3 is 0 Å². The van der Waals surface area contributed by atoms with Crippen molar-refractivity contribution in [1.29, 1.82) is 0 Å². The highest BCUT2D eigenvalue weighted by Crippen LogP contribution is 2.31. The molecule has 1 amide bonds. The van der Waals surface area contributed by atoms with Crippen LogP contribution in [0.1, 0.15) is 24.5 Å².